The van der Waals surface area contributed by atoms with Crippen LogP contribution in [0, 0.1) is 31.6 Å². The van der Waals surface area contributed by atoms with Gasteiger partial charge in [-0.05, 0) is 49.3 Å². The second-order valence-corrected chi connectivity index (χ2v) is 13.8. The number of ether oxygens (including phenoxy) is 2. The van der Waals surface area contributed by atoms with Crippen LogP contribution in [0.4, 0.5) is 5.69 Å². The zero-order valence-corrected chi connectivity index (χ0v) is 28.0. The number of amides is 3. The van der Waals surface area contributed by atoms with Crippen molar-refractivity contribution in [2.75, 3.05) is 24.7 Å². The minimum Gasteiger partial charge on any atom is -0.463 e. The molecular weight excluding hydrogens is 610 g/mol. The van der Waals surface area contributed by atoms with Crippen molar-refractivity contribution < 1.29 is 33.8 Å². The number of anilines is 1. The fourth-order valence-electron chi connectivity index (χ4n) is 8.02. The average molecular weight is 656 g/mol. The number of hydrogen-bond acceptors (Lipinski definition) is 7. The predicted molar refractivity (Wildman–Crippen MR) is 180 cm³/mol. The van der Waals surface area contributed by atoms with Crippen LogP contribution in [0.5, 0.6) is 0 Å². The Labute approximate surface area is 281 Å². The van der Waals surface area contributed by atoms with Gasteiger partial charge >= 0.3 is 5.97 Å². The van der Waals surface area contributed by atoms with Gasteiger partial charge in [0.05, 0.1) is 36.6 Å². The Kier molecular flexibility index (Phi) is 9.58. The van der Waals surface area contributed by atoms with Gasteiger partial charge in [-0.1, -0.05) is 86.7 Å². The van der Waals surface area contributed by atoms with E-state index in [4.69, 9.17) is 9.47 Å². The number of carbonyl (C=O) groups excluding carboxylic acids is 4. The lowest BCUT2D eigenvalue weighted by molar-refractivity contribution is -0.147. The number of fused-ring (bicyclic) bond motifs is 2. The zero-order valence-electron chi connectivity index (χ0n) is 28.0. The van der Waals surface area contributed by atoms with Crippen LogP contribution in [0.25, 0.3) is 0 Å². The molecule has 7 atom stereocenters. The van der Waals surface area contributed by atoms with Crippen molar-refractivity contribution in [3.05, 3.63) is 89.5 Å². The number of rotatable bonds is 6. The van der Waals surface area contributed by atoms with Gasteiger partial charge in [-0.2, -0.15) is 0 Å². The first kappa shape index (κ1) is 33.6. The van der Waals surface area contributed by atoms with Gasteiger partial charge in [0.2, 0.25) is 11.8 Å². The van der Waals surface area contributed by atoms with E-state index in [-0.39, 0.29) is 44.0 Å². The number of para-hydroxylation sites is 1. The summed E-state index contributed by atoms with van der Waals surface area (Å²) in [6.45, 7) is 7.75. The third-order valence-electron chi connectivity index (χ3n) is 10.1. The summed E-state index contributed by atoms with van der Waals surface area (Å²) < 4.78 is 12.4. The highest BCUT2D eigenvalue weighted by Gasteiger charge is 2.72. The molecule has 10 nitrogen and oxygen atoms in total. The summed E-state index contributed by atoms with van der Waals surface area (Å²) in [5.41, 5.74) is 1.87. The number of aryl methyl sites for hydroxylation is 2. The molecule has 0 aliphatic carbocycles. The number of likely N-dealkylation sites (tertiary alicyclic amines) is 1. The van der Waals surface area contributed by atoms with Crippen molar-refractivity contribution in [2.45, 2.75) is 76.8 Å². The van der Waals surface area contributed by atoms with Crippen molar-refractivity contribution in [2.24, 2.45) is 17.8 Å². The molecule has 1 spiro atoms. The van der Waals surface area contributed by atoms with E-state index in [2.05, 4.69) is 5.32 Å². The molecule has 4 aliphatic rings. The number of cyclic esters (lactones) is 1. The van der Waals surface area contributed by atoms with Crippen LogP contribution < -0.4 is 10.2 Å². The second-order valence-electron chi connectivity index (χ2n) is 13.8. The topological polar surface area (TPSA) is 125 Å². The summed E-state index contributed by atoms with van der Waals surface area (Å²) in [5, 5.41) is 13.8. The van der Waals surface area contributed by atoms with E-state index < -0.39 is 53.5 Å². The maximum atomic E-state index is 15.0. The highest BCUT2D eigenvalue weighted by Crippen LogP contribution is 2.54. The summed E-state index contributed by atoms with van der Waals surface area (Å²) in [4.78, 5) is 60.1. The molecule has 254 valence electrons. The Hall–Kier alpha value is -4.28. The van der Waals surface area contributed by atoms with Gasteiger partial charge in [0.15, 0.2) is 0 Å². The SMILES string of the molecule is Cc1cccc(C)c1N1CC=C[C@@]23O[C@H]4/C=C\CCC(=O)OC[C@H](c5ccccc5)NC(=O)[C@H]4[C@@H]2C(=O)N([C@@H](CO)CC(C)C)[C@H]3C1=O. The van der Waals surface area contributed by atoms with E-state index in [1.165, 1.54) is 4.90 Å². The van der Waals surface area contributed by atoms with Gasteiger partial charge in [0.25, 0.3) is 5.91 Å². The minimum atomic E-state index is -1.48. The summed E-state index contributed by atoms with van der Waals surface area (Å²) in [6, 6.07) is 12.6. The number of aliphatic hydroxyl groups is 1. The molecule has 0 aromatic heterocycles. The molecule has 0 bridgehead atoms. The van der Waals surface area contributed by atoms with Crippen molar-refractivity contribution in [1.82, 2.24) is 10.2 Å². The molecule has 2 aromatic rings. The smallest absolute Gasteiger partial charge is 0.306 e. The first-order valence-corrected chi connectivity index (χ1v) is 16.9. The summed E-state index contributed by atoms with van der Waals surface area (Å²) in [7, 11) is 0. The number of benzene rings is 2. The zero-order chi connectivity index (χ0) is 34.2. The summed E-state index contributed by atoms with van der Waals surface area (Å²) in [6.07, 6.45) is 7.30. The lowest BCUT2D eigenvalue weighted by Crippen LogP contribution is -2.58. The van der Waals surface area contributed by atoms with E-state index in [1.807, 2.05) is 88.4 Å². The predicted octanol–water partition coefficient (Wildman–Crippen LogP) is 3.94. The van der Waals surface area contributed by atoms with E-state index >= 15 is 0 Å². The van der Waals surface area contributed by atoms with Gasteiger partial charge in [0, 0.05) is 18.7 Å². The number of esters is 1. The third kappa shape index (κ3) is 5.96. The van der Waals surface area contributed by atoms with Crippen molar-refractivity contribution >= 4 is 29.4 Å². The standard InChI is InChI=1S/C38H45N3O7/c1-23(2)20-27(21-42)41-34-37(46)40(33-24(3)12-10-13-25(33)4)19-11-18-38(34)32(36(41)45)31-29(48-38)16-8-9-17-30(43)47-22-28(39-35(31)44)26-14-6-5-7-15-26/h5-8,10-16,18,23,27-29,31-32,34,42H,9,17,19-22H2,1-4H3,(H,39,44)/b16-8-/t27-,28-,29+,31-,32-,34+,38-/m1/s1. The molecule has 2 aromatic carbocycles. The molecule has 3 amide bonds. The Morgan fingerprint density at radius 3 is 2.40 bits per heavy atom. The molecule has 0 radical (unpaired) electrons. The first-order valence-electron chi connectivity index (χ1n) is 16.9. The van der Waals surface area contributed by atoms with Crippen LogP contribution in [0.15, 0.2) is 72.8 Å². The molecule has 2 N–H and O–H groups in total. The molecule has 4 heterocycles. The highest BCUT2D eigenvalue weighted by molar-refractivity contribution is 6.06. The molecule has 2 saturated heterocycles. The largest absolute Gasteiger partial charge is 0.463 e. The first-order chi connectivity index (χ1) is 23.1. The molecule has 6 rings (SSSR count). The fraction of sp³-hybridized carbons (Fsp3) is 0.474. The quantitative estimate of drug-likeness (QED) is 0.357. The van der Waals surface area contributed by atoms with Crippen LogP contribution in [0.3, 0.4) is 0 Å². The van der Waals surface area contributed by atoms with E-state index in [0.29, 0.717) is 12.8 Å². The average Bonchev–Trinajstić information content (AvgIpc) is 3.45. The lowest BCUT2D eigenvalue weighted by atomic mass is 9.77. The van der Waals surface area contributed by atoms with Gasteiger partial charge in [-0.15, -0.1) is 0 Å². The Morgan fingerprint density at radius 2 is 1.71 bits per heavy atom. The third-order valence-corrected chi connectivity index (χ3v) is 10.1. The number of nitrogens with one attached hydrogen (secondary N) is 1. The highest BCUT2D eigenvalue weighted by atomic mass is 16.5. The Morgan fingerprint density at radius 1 is 0.979 bits per heavy atom. The molecule has 10 heteroatoms. The van der Waals surface area contributed by atoms with Crippen molar-refractivity contribution in [3.8, 4) is 0 Å². The van der Waals surface area contributed by atoms with Crippen molar-refractivity contribution in [1.29, 1.82) is 0 Å². The van der Waals surface area contributed by atoms with Crippen LogP contribution >= 0.6 is 0 Å². The molecule has 48 heavy (non-hydrogen) atoms. The number of allylic oxidation sites excluding steroid dienone is 1. The fourth-order valence-corrected chi connectivity index (χ4v) is 8.02. The maximum absolute atomic E-state index is 15.0. The number of nitrogens with zero attached hydrogens (tertiary/aromatic N) is 2. The number of carbonyl (C=O) groups is 4. The minimum absolute atomic E-state index is 0.0703. The Balaban J connectivity index is 1.48. The van der Waals surface area contributed by atoms with Crippen molar-refractivity contribution in [3.63, 3.8) is 0 Å². The second kappa shape index (κ2) is 13.7. The monoisotopic (exact) mass is 655 g/mol. The van der Waals surface area contributed by atoms with Gasteiger partial charge < -0.3 is 29.7 Å². The van der Waals surface area contributed by atoms with E-state index in [0.717, 1.165) is 22.4 Å². The Bertz CT molecular complexity index is 1600. The molecule has 4 aliphatic heterocycles. The molecule has 2 fully saturated rings. The van der Waals surface area contributed by atoms with Crippen LogP contribution in [0.2, 0.25) is 0 Å². The van der Waals surface area contributed by atoms with Gasteiger partial charge in [0.1, 0.15) is 18.2 Å². The van der Waals surface area contributed by atoms with E-state index in [1.54, 1.807) is 17.1 Å². The summed E-state index contributed by atoms with van der Waals surface area (Å²) in [5.74, 6) is -3.46. The summed E-state index contributed by atoms with van der Waals surface area (Å²) >= 11 is 0. The van der Waals surface area contributed by atoms with Crippen LogP contribution in [-0.2, 0) is 28.7 Å². The molecule has 0 saturated carbocycles. The number of hydrogen-bond donors (Lipinski definition) is 2. The number of aliphatic hydroxyl groups excluding tert-OH is 1. The van der Waals surface area contributed by atoms with E-state index in [9.17, 15) is 24.3 Å². The van der Waals surface area contributed by atoms with Crippen LogP contribution in [0.1, 0.15) is 55.8 Å². The normalized spacial score (nSPS) is 30.4. The molecular formula is C38H45N3O7. The maximum Gasteiger partial charge on any atom is 0.306 e. The van der Waals surface area contributed by atoms with Gasteiger partial charge in [-0.3, -0.25) is 19.2 Å². The lowest BCUT2D eigenvalue weighted by Gasteiger charge is -2.39. The molecule has 0 unspecified atom stereocenters. The van der Waals surface area contributed by atoms with Crippen LogP contribution in [-0.4, -0.2) is 77.2 Å². The van der Waals surface area contributed by atoms with Gasteiger partial charge in [-0.25, -0.2) is 0 Å².